The molecular formula is C11H12BrClO. The molecule has 1 rings (SSSR count). The van der Waals surface area contributed by atoms with Crippen molar-refractivity contribution < 1.29 is 4.79 Å². The van der Waals surface area contributed by atoms with Gasteiger partial charge in [-0.1, -0.05) is 28.9 Å². The van der Waals surface area contributed by atoms with Gasteiger partial charge < -0.3 is 0 Å². The number of halogens is 2. The lowest BCUT2D eigenvalue weighted by molar-refractivity contribution is -0.116. The molecule has 0 aromatic heterocycles. The van der Waals surface area contributed by atoms with Crippen LogP contribution in [0.2, 0.25) is 0 Å². The zero-order chi connectivity index (χ0) is 10.7. The molecule has 3 heteroatoms. The van der Waals surface area contributed by atoms with Crippen LogP contribution in [0, 0.1) is 0 Å². The monoisotopic (exact) mass is 274 g/mol. The fraction of sp³-hybridized carbons (Fsp3) is 0.364. The average Bonchev–Trinajstić information content (AvgIpc) is 2.16. The van der Waals surface area contributed by atoms with Crippen LogP contribution in [0.5, 0.6) is 0 Å². The van der Waals surface area contributed by atoms with Crippen molar-refractivity contribution in [2.75, 3.05) is 0 Å². The van der Waals surface area contributed by atoms with Gasteiger partial charge in [0.2, 0.25) is 0 Å². The summed E-state index contributed by atoms with van der Waals surface area (Å²) in [6, 6.07) is 5.82. The lowest BCUT2D eigenvalue weighted by atomic mass is 10.0. The molecule has 0 N–H and O–H groups in total. The van der Waals surface area contributed by atoms with E-state index in [0.717, 1.165) is 22.0 Å². The molecule has 1 atom stereocenters. The molecular weight excluding hydrogens is 263 g/mol. The molecule has 1 aromatic carbocycles. The highest BCUT2D eigenvalue weighted by Gasteiger charge is 2.16. The van der Waals surface area contributed by atoms with Crippen molar-refractivity contribution in [1.29, 1.82) is 0 Å². The molecule has 1 aromatic rings. The van der Waals surface area contributed by atoms with E-state index in [0.29, 0.717) is 0 Å². The van der Waals surface area contributed by atoms with Crippen molar-refractivity contribution in [3.8, 4) is 0 Å². The lowest BCUT2D eigenvalue weighted by Gasteiger charge is -2.11. The minimum absolute atomic E-state index is 0.0105. The summed E-state index contributed by atoms with van der Waals surface area (Å²) in [5, 5.41) is -0.516. The van der Waals surface area contributed by atoms with Gasteiger partial charge >= 0.3 is 0 Å². The molecule has 0 bridgehead atoms. The van der Waals surface area contributed by atoms with Gasteiger partial charge in [0, 0.05) is 4.47 Å². The molecule has 0 heterocycles. The van der Waals surface area contributed by atoms with Crippen LogP contribution >= 0.6 is 27.5 Å². The van der Waals surface area contributed by atoms with E-state index in [9.17, 15) is 4.79 Å². The van der Waals surface area contributed by atoms with Crippen molar-refractivity contribution >= 4 is 33.3 Å². The van der Waals surface area contributed by atoms with Crippen LogP contribution in [-0.4, -0.2) is 5.78 Å². The Morgan fingerprint density at radius 2 is 2.21 bits per heavy atom. The summed E-state index contributed by atoms with van der Waals surface area (Å²) in [4.78, 5) is 11.2. The SMILES string of the molecule is CCc1cc(Br)ccc1C(Cl)C(C)=O. The number of alkyl halides is 1. The van der Waals surface area contributed by atoms with Crippen molar-refractivity contribution in [3.05, 3.63) is 33.8 Å². The van der Waals surface area contributed by atoms with Crippen LogP contribution in [0.3, 0.4) is 0 Å². The van der Waals surface area contributed by atoms with Crippen molar-refractivity contribution in [2.24, 2.45) is 0 Å². The van der Waals surface area contributed by atoms with Crippen LogP contribution in [-0.2, 0) is 11.2 Å². The minimum Gasteiger partial charge on any atom is -0.298 e. The number of benzene rings is 1. The second kappa shape index (κ2) is 4.94. The zero-order valence-electron chi connectivity index (χ0n) is 8.18. The molecule has 0 saturated heterocycles. The number of Topliss-reactive ketones (excluding diaryl/α,β-unsaturated/α-hetero) is 1. The Hall–Kier alpha value is -0.340. The lowest BCUT2D eigenvalue weighted by Crippen LogP contribution is -2.04. The summed E-state index contributed by atoms with van der Waals surface area (Å²) in [5.41, 5.74) is 2.04. The number of carbonyl (C=O) groups is 1. The number of rotatable bonds is 3. The maximum absolute atomic E-state index is 11.2. The highest BCUT2D eigenvalue weighted by molar-refractivity contribution is 9.10. The van der Waals surface area contributed by atoms with Gasteiger partial charge in [0.25, 0.3) is 0 Å². The maximum Gasteiger partial charge on any atom is 0.152 e. The number of hydrogen-bond donors (Lipinski definition) is 0. The minimum atomic E-state index is -0.516. The molecule has 0 aliphatic rings. The van der Waals surface area contributed by atoms with Gasteiger partial charge in [0.05, 0.1) is 0 Å². The predicted molar refractivity (Wildman–Crippen MR) is 62.8 cm³/mol. The van der Waals surface area contributed by atoms with E-state index in [4.69, 9.17) is 11.6 Å². The van der Waals surface area contributed by atoms with E-state index in [2.05, 4.69) is 22.9 Å². The molecule has 76 valence electrons. The summed E-state index contributed by atoms with van der Waals surface area (Å²) < 4.78 is 1.02. The molecule has 0 radical (unpaired) electrons. The largest absolute Gasteiger partial charge is 0.298 e. The van der Waals surface area contributed by atoms with E-state index >= 15 is 0 Å². The molecule has 0 aliphatic heterocycles. The van der Waals surface area contributed by atoms with Crippen molar-refractivity contribution in [1.82, 2.24) is 0 Å². The van der Waals surface area contributed by atoms with Gasteiger partial charge in [0.15, 0.2) is 5.78 Å². The third-order valence-corrected chi connectivity index (χ3v) is 3.15. The van der Waals surface area contributed by atoms with E-state index in [1.807, 2.05) is 18.2 Å². The molecule has 0 saturated carbocycles. The first-order valence-corrected chi connectivity index (χ1v) is 5.72. The molecule has 14 heavy (non-hydrogen) atoms. The van der Waals surface area contributed by atoms with Gasteiger partial charge in [0.1, 0.15) is 5.38 Å². The Bertz CT molecular complexity index is 349. The topological polar surface area (TPSA) is 17.1 Å². The summed E-state index contributed by atoms with van der Waals surface area (Å²) in [6.45, 7) is 3.56. The van der Waals surface area contributed by atoms with Crippen LogP contribution in [0.15, 0.2) is 22.7 Å². The third kappa shape index (κ3) is 2.58. The van der Waals surface area contributed by atoms with E-state index in [1.165, 1.54) is 6.92 Å². The molecule has 0 amide bonds. The average molecular weight is 276 g/mol. The Balaban J connectivity index is 3.13. The Kier molecular flexibility index (Phi) is 4.14. The Labute approximate surface area is 97.6 Å². The van der Waals surface area contributed by atoms with E-state index in [-0.39, 0.29) is 5.78 Å². The van der Waals surface area contributed by atoms with Crippen molar-refractivity contribution in [3.63, 3.8) is 0 Å². The number of aryl methyl sites for hydroxylation is 1. The van der Waals surface area contributed by atoms with Gasteiger partial charge in [-0.05, 0) is 36.6 Å². The first kappa shape index (κ1) is 11.7. The smallest absolute Gasteiger partial charge is 0.152 e. The maximum atomic E-state index is 11.2. The number of ketones is 1. The van der Waals surface area contributed by atoms with Gasteiger partial charge in [-0.15, -0.1) is 11.6 Å². The summed E-state index contributed by atoms with van der Waals surface area (Å²) >= 11 is 9.41. The fourth-order valence-electron chi connectivity index (χ4n) is 1.35. The van der Waals surface area contributed by atoms with Crippen LogP contribution in [0.4, 0.5) is 0 Å². The van der Waals surface area contributed by atoms with Crippen molar-refractivity contribution in [2.45, 2.75) is 25.6 Å². The molecule has 1 unspecified atom stereocenters. The highest BCUT2D eigenvalue weighted by Crippen LogP contribution is 2.27. The standard InChI is InChI=1S/C11H12BrClO/c1-3-8-6-9(12)4-5-10(8)11(13)7(2)14/h4-6,11H,3H2,1-2H3. The van der Waals surface area contributed by atoms with Gasteiger partial charge in [-0.3, -0.25) is 4.79 Å². The third-order valence-electron chi connectivity index (χ3n) is 2.12. The van der Waals surface area contributed by atoms with Crippen LogP contribution < -0.4 is 0 Å². The summed E-state index contributed by atoms with van der Waals surface area (Å²) in [7, 11) is 0. The van der Waals surface area contributed by atoms with Gasteiger partial charge in [-0.2, -0.15) is 0 Å². The highest BCUT2D eigenvalue weighted by atomic mass is 79.9. The van der Waals surface area contributed by atoms with E-state index in [1.54, 1.807) is 0 Å². The zero-order valence-corrected chi connectivity index (χ0v) is 10.5. The van der Waals surface area contributed by atoms with Crippen LogP contribution in [0.1, 0.15) is 30.4 Å². The van der Waals surface area contributed by atoms with Crippen LogP contribution in [0.25, 0.3) is 0 Å². The van der Waals surface area contributed by atoms with E-state index < -0.39 is 5.38 Å². The predicted octanol–water partition coefficient (Wildman–Crippen LogP) is 3.88. The fourth-order valence-corrected chi connectivity index (χ4v) is 1.97. The summed E-state index contributed by atoms with van der Waals surface area (Å²) in [5.74, 6) is -0.0105. The Morgan fingerprint density at radius 3 is 2.71 bits per heavy atom. The number of hydrogen-bond acceptors (Lipinski definition) is 1. The number of carbonyl (C=O) groups excluding carboxylic acids is 1. The molecule has 0 spiro atoms. The second-order valence-corrected chi connectivity index (χ2v) is 4.52. The molecule has 1 nitrogen and oxygen atoms in total. The first-order valence-electron chi connectivity index (χ1n) is 4.49. The normalized spacial score (nSPS) is 12.6. The Morgan fingerprint density at radius 1 is 1.57 bits per heavy atom. The van der Waals surface area contributed by atoms with Gasteiger partial charge in [-0.25, -0.2) is 0 Å². The molecule has 0 aliphatic carbocycles. The second-order valence-electron chi connectivity index (χ2n) is 3.17. The quantitative estimate of drug-likeness (QED) is 0.765. The summed E-state index contributed by atoms with van der Waals surface area (Å²) in [6.07, 6.45) is 0.880. The molecule has 0 fully saturated rings. The first-order chi connectivity index (χ1) is 6.56.